The lowest BCUT2D eigenvalue weighted by Gasteiger charge is -2.07. The first kappa shape index (κ1) is 16.2. The number of nitrogens with two attached hydrogens (primary N) is 1. The van der Waals surface area contributed by atoms with Crippen molar-refractivity contribution in [1.82, 2.24) is 4.98 Å². The van der Waals surface area contributed by atoms with E-state index in [1.54, 1.807) is 20.0 Å². The highest BCUT2D eigenvalue weighted by atomic mass is 35.5. The molecule has 1 aromatic heterocycles. The molecule has 5 nitrogen and oxygen atoms in total. The number of benzene rings is 1. The number of rotatable bonds is 4. The average Bonchev–Trinajstić information content (AvgIpc) is 2.75. The van der Waals surface area contributed by atoms with Crippen molar-refractivity contribution in [3.8, 4) is 11.3 Å². The van der Waals surface area contributed by atoms with Crippen LogP contribution in [0, 0.1) is 6.92 Å². The summed E-state index contributed by atoms with van der Waals surface area (Å²) in [5.74, 6) is 1.26. The lowest BCUT2D eigenvalue weighted by atomic mass is 10.1. The van der Waals surface area contributed by atoms with Gasteiger partial charge in [0, 0.05) is 30.6 Å². The molecule has 0 aliphatic heterocycles. The first-order chi connectivity index (χ1) is 9.04. The maximum Gasteiger partial charge on any atom is 0.225 e. The van der Waals surface area contributed by atoms with E-state index in [2.05, 4.69) is 10.3 Å². The van der Waals surface area contributed by atoms with Crippen molar-refractivity contribution in [1.29, 1.82) is 0 Å². The number of amides is 1. The SMILES string of the molecule is Cc1ncc(-c2ccc(NC(=O)CC(C)N)cc2)o1.Cl. The van der Waals surface area contributed by atoms with Crippen LogP contribution in [-0.2, 0) is 4.79 Å². The molecule has 1 heterocycles. The van der Waals surface area contributed by atoms with Gasteiger partial charge < -0.3 is 15.5 Å². The molecule has 6 heteroatoms. The third-order valence-electron chi connectivity index (χ3n) is 2.58. The van der Waals surface area contributed by atoms with Gasteiger partial charge in [0.15, 0.2) is 11.7 Å². The lowest BCUT2D eigenvalue weighted by Crippen LogP contribution is -2.23. The minimum Gasteiger partial charge on any atom is -0.441 e. The second-order valence-electron chi connectivity index (χ2n) is 4.55. The van der Waals surface area contributed by atoms with Gasteiger partial charge in [-0.05, 0) is 31.2 Å². The Labute approximate surface area is 124 Å². The monoisotopic (exact) mass is 295 g/mol. The van der Waals surface area contributed by atoms with E-state index >= 15 is 0 Å². The van der Waals surface area contributed by atoms with Crippen LogP contribution >= 0.6 is 12.4 Å². The number of carbonyl (C=O) groups excluding carboxylic acids is 1. The first-order valence-electron chi connectivity index (χ1n) is 6.13. The van der Waals surface area contributed by atoms with Crippen molar-refractivity contribution in [2.45, 2.75) is 26.3 Å². The van der Waals surface area contributed by atoms with Gasteiger partial charge in [-0.25, -0.2) is 4.98 Å². The number of hydrogen-bond acceptors (Lipinski definition) is 4. The largest absolute Gasteiger partial charge is 0.441 e. The Bertz CT molecular complexity index is 564. The van der Waals surface area contributed by atoms with Gasteiger partial charge >= 0.3 is 0 Å². The fraction of sp³-hybridized carbons (Fsp3) is 0.286. The van der Waals surface area contributed by atoms with Gasteiger partial charge in [-0.3, -0.25) is 4.79 Å². The molecule has 0 saturated carbocycles. The second kappa shape index (κ2) is 7.07. The molecule has 1 aromatic carbocycles. The second-order valence-corrected chi connectivity index (χ2v) is 4.55. The molecule has 2 aromatic rings. The topological polar surface area (TPSA) is 81.2 Å². The zero-order valence-corrected chi connectivity index (χ0v) is 12.2. The Hall–Kier alpha value is -1.85. The molecular weight excluding hydrogens is 278 g/mol. The van der Waals surface area contributed by atoms with Crippen LogP contribution in [0.1, 0.15) is 19.2 Å². The summed E-state index contributed by atoms with van der Waals surface area (Å²) in [5.41, 5.74) is 7.23. The van der Waals surface area contributed by atoms with Crippen molar-refractivity contribution < 1.29 is 9.21 Å². The van der Waals surface area contributed by atoms with E-state index in [0.29, 0.717) is 18.1 Å². The normalized spacial score (nSPS) is 11.6. The minimum atomic E-state index is -0.142. The van der Waals surface area contributed by atoms with Crippen LogP contribution in [0.4, 0.5) is 5.69 Å². The summed E-state index contributed by atoms with van der Waals surface area (Å²) < 4.78 is 5.43. The number of nitrogens with zero attached hydrogens (tertiary/aromatic N) is 1. The standard InChI is InChI=1S/C14H17N3O2.ClH/c1-9(15)7-14(18)17-12-5-3-11(4-6-12)13-8-16-10(2)19-13;/h3-6,8-9H,7,15H2,1-2H3,(H,17,18);1H. The maximum absolute atomic E-state index is 11.6. The molecular formula is C14H18ClN3O2. The summed E-state index contributed by atoms with van der Waals surface area (Å²) in [6.45, 7) is 3.60. The van der Waals surface area contributed by atoms with E-state index in [1.165, 1.54) is 0 Å². The predicted molar refractivity (Wildman–Crippen MR) is 80.8 cm³/mol. The summed E-state index contributed by atoms with van der Waals surface area (Å²) in [6.07, 6.45) is 1.99. The van der Waals surface area contributed by atoms with Gasteiger partial charge in [-0.15, -0.1) is 12.4 Å². The molecule has 0 aliphatic carbocycles. The number of anilines is 1. The Morgan fingerprint density at radius 3 is 2.55 bits per heavy atom. The van der Waals surface area contributed by atoms with Crippen LogP contribution in [-0.4, -0.2) is 16.9 Å². The van der Waals surface area contributed by atoms with Gasteiger partial charge in [-0.1, -0.05) is 0 Å². The number of aromatic nitrogens is 1. The molecule has 0 fully saturated rings. The van der Waals surface area contributed by atoms with Crippen molar-refractivity contribution in [3.63, 3.8) is 0 Å². The van der Waals surface area contributed by atoms with Crippen molar-refractivity contribution in [3.05, 3.63) is 36.4 Å². The highest BCUT2D eigenvalue weighted by Gasteiger charge is 2.07. The highest BCUT2D eigenvalue weighted by Crippen LogP contribution is 2.22. The van der Waals surface area contributed by atoms with Crippen molar-refractivity contribution in [2.75, 3.05) is 5.32 Å². The molecule has 0 aliphatic rings. The average molecular weight is 296 g/mol. The summed E-state index contributed by atoms with van der Waals surface area (Å²) in [5, 5.41) is 2.79. The summed E-state index contributed by atoms with van der Waals surface area (Å²) in [7, 11) is 0. The molecule has 0 spiro atoms. The fourth-order valence-electron chi connectivity index (χ4n) is 1.72. The maximum atomic E-state index is 11.6. The first-order valence-corrected chi connectivity index (χ1v) is 6.13. The van der Waals surface area contributed by atoms with E-state index in [9.17, 15) is 4.79 Å². The molecule has 1 amide bonds. The third kappa shape index (κ3) is 4.36. The zero-order chi connectivity index (χ0) is 13.8. The van der Waals surface area contributed by atoms with E-state index in [4.69, 9.17) is 10.2 Å². The molecule has 2 rings (SSSR count). The number of halogens is 1. The number of aryl methyl sites for hydroxylation is 1. The number of nitrogens with one attached hydrogen (secondary N) is 1. The minimum absolute atomic E-state index is 0. The molecule has 0 radical (unpaired) electrons. The molecule has 20 heavy (non-hydrogen) atoms. The van der Waals surface area contributed by atoms with Gasteiger partial charge in [0.05, 0.1) is 6.20 Å². The fourth-order valence-corrected chi connectivity index (χ4v) is 1.72. The number of oxazole rings is 1. The van der Waals surface area contributed by atoms with Crippen LogP contribution < -0.4 is 11.1 Å². The van der Waals surface area contributed by atoms with Crippen molar-refractivity contribution >= 4 is 24.0 Å². The van der Waals surface area contributed by atoms with E-state index in [0.717, 1.165) is 11.3 Å². The van der Waals surface area contributed by atoms with Crippen LogP contribution in [0.3, 0.4) is 0 Å². The Morgan fingerprint density at radius 1 is 1.40 bits per heavy atom. The van der Waals surface area contributed by atoms with Crippen LogP contribution in [0.25, 0.3) is 11.3 Å². The van der Waals surface area contributed by atoms with Crippen molar-refractivity contribution in [2.24, 2.45) is 5.73 Å². The third-order valence-corrected chi connectivity index (χ3v) is 2.58. The van der Waals surface area contributed by atoms with Crippen LogP contribution in [0.5, 0.6) is 0 Å². The number of hydrogen-bond donors (Lipinski definition) is 2. The van der Waals surface area contributed by atoms with Gasteiger partial charge in [0.25, 0.3) is 0 Å². The number of carbonyl (C=O) groups is 1. The summed E-state index contributed by atoms with van der Waals surface area (Å²) >= 11 is 0. The zero-order valence-electron chi connectivity index (χ0n) is 11.4. The molecule has 1 atom stereocenters. The van der Waals surface area contributed by atoms with Gasteiger partial charge in [0.1, 0.15) is 0 Å². The Morgan fingerprint density at radius 2 is 2.05 bits per heavy atom. The van der Waals surface area contributed by atoms with Gasteiger partial charge in [0.2, 0.25) is 5.91 Å². The van der Waals surface area contributed by atoms with E-state index in [-0.39, 0.29) is 24.4 Å². The lowest BCUT2D eigenvalue weighted by molar-refractivity contribution is -0.116. The summed E-state index contributed by atoms with van der Waals surface area (Å²) in [6, 6.07) is 7.26. The Balaban J connectivity index is 0.00000200. The molecule has 3 N–H and O–H groups in total. The van der Waals surface area contributed by atoms with Gasteiger partial charge in [-0.2, -0.15) is 0 Å². The predicted octanol–water partition coefficient (Wildman–Crippen LogP) is 2.75. The van der Waals surface area contributed by atoms with Crippen LogP contribution in [0.15, 0.2) is 34.9 Å². The highest BCUT2D eigenvalue weighted by molar-refractivity contribution is 5.91. The Kier molecular flexibility index (Phi) is 5.73. The molecule has 1 unspecified atom stereocenters. The van der Waals surface area contributed by atoms with E-state index in [1.807, 2.05) is 24.3 Å². The molecule has 0 saturated heterocycles. The quantitative estimate of drug-likeness (QED) is 0.909. The summed E-state index contributed by atoms with van der Waals surface area (Å²) in [4.78, 5) is 15.6. The smallest absolute Gasteiger partial charge is 0.225 e. The molecule has 108 valence electrons. The molecule has 0 bridgehead atoms. The van der Waals surface area contributed by atoms with Crippen LogP contribution in [0.2, 0.25) is 0 Å². The van der Waals surface area contributed by atoms with E-state index < -0.39 is 0 Å².